The van der Waals surface area contributed by atoms with Crippen molar-refractivity contribution in [2.75, 3.05) is 36.5 Å². The lowest BCUT2D eigenvalue weighted by molar-refractivity contribution is 0.102. The van der Waals surface area contributed by atoms with Crippen LogP contribution in [0.2, 0.25) is 0 Å². The van der Waals surface area contributed by atoms with Gasteiger partial charge in [-0.1, -0.05) is 0 Å². The molecule has 1 fully saturated rings. The van der Waals surface area contributed by atoms with Crippen molar-refractivity contribution in [3.05, 3.63) is 72.3 Å². The molecule has 8 heteroatoms. The number of rotatable bonds is 5. The highest BCUT2D eigenvalue weighted by Crippen LogP contribution is 2.23. The smallest absolute Gasteiger partial charge is 0.260 e. The molecule has 0 spiro atoms. The molecule has 1 amide bonds. The van der Waals surface area contributed by atoms with E-state index in [1.807, 2.05) is 4.90 Å². The summed E-state index contributed by atoms with van der Waals surface area (Å²) in [5.74, 6) is 1.36. The number of pyridine rings is 2. The average molecular weight is 394 g/mol. The number of hydrogen-bond donors (Lipinski definition) is 1. The van der Waals surface area contributed by atoms with Gasteiger partial charge in [0.2, 0.25) is 0 Å². The molecular formula is C21H19FN4O3. The van der Waals surface area contributed by atoms with Crippen LogP contribution in [0.3, 0.4) is 0 Å². The molecule has 0 bridgehead atoms. The first-order valence-corrected chi connectivity index (χ1v) is 9.17. The van der Waals surface area contributed by atoms with E-state index in [0.717, 1.165) is 0 Å². The van der Waals surface area contributed by atoms with Gasteiger partial charge in [-0.15, -0.1) is 0 Å². The number of carbonyl (C=O) groups excluding carboxylic acids is 1. The standard InChI is InChI=1S/C21H19FN4O3/c22-15-3-5-16(6-4-15)29-17-7-8-19(24-14-17)25-21(27)18-2-1-9-23-20(18)26-10-12-28-13-11-26/h1-9,14H,10-13H2,(H,24,25,27). The lowest BCUT2D eigenvalue weighted by Crippen LogP contribution is -2.38. The summed E-state index contributed by atoms with van der Waals surface area (Å²) in [7, 11) is 0. The molecule has 1 aliphatic rings. The molecule has 0 saturated carbocycles. The molecule has 7 nitrogen and oxygen atoms in total. The van der Waals surface area contributed by atoms with Crippen molar-refractivity contribution in [1.82, 2.24) is 9.97 Å². The Kier molecular flexibility index (Phi) is 5.62. The lowest BCUT2D eigenvalue weighted by Gasteiger charge is -2.29. The predicted molar refractivity (Wildman–Crippen MR) is 106 cm³/mol. The van der Waals surface area contributed by atoms with Gasteiger partial charge in [-0.05, 0) is 48.5 Å². The normalized spacial score (nSPS) is 13.8. The molecule has 0 unspecified atom stereocenters. The monoisotopic (exact) mass is 394 g/mol. The maximum atomic E-state index is 13.0. The van der Waals surface area contributed by atoms with Gasteiger partial charge >= 0.3 is 0 Å². The molecule has 29 heavy (non-hydrogen) atoms. The first-order chi connectivity index (χ1) is 14.2. The quantitative estimate of drug-likeness (QED) is 0.714. The van der Waals surface area contributed by atoms with Gasteiger partial charge in [-0.3, -0.25) is 4.79 Å². The van der Waals surface area contributed by atoms with E-state index in [1.165, 1.54) is 30.5 Å². The van der Waals surface area contributed by atoms with Crippen LogP contribution in [0, 0.1) is 5.82 Å². The highest BCUT2D eigenvalue weighted by molar-refractivity contribution is 6.07. The van der Waals surface area contributed by atoms with Gasteiger partial charge in [-0.2, -0.15) is 0 Å². The summed E-state index contributed by atoms with van der Waals surface area (Å²) < 4.78 is 23.9. The molecule has 1 saturated heterocycles. The van der Waals surface area contributed by atoms with Crippen molar-refractivity contribution < 1.29 is 18.7 Å². The summed E-state index contributed by atoms with van der Waals surface area (Å²) in [6, 6.07) is 12.5. The third-order valence-electron chi connectivity index (χ3n) is 4.37. The molecule has 1 aliphatic heterocycles. The number of nitrogens with zero attached hydrogens (tertiary/aromatic N) is 3. The van der Waals surface area contributed by atoms with Crippen molar-refractivity contribution in [3.63, 3.8) is 0 Å². The third kappa shape index (κ3) is 4.67. The van der Waals surface area contributed by atoms with Crippen molar-refractivity contribution >= 4 is 17.5 Å². The van der Waals surface area contributed by atoms with E-state index in [1.54, 1.807) is 30.5 Å². The summed E-state index contributed by atoms with van der Waals surface area (Å²) in [5.41, 5.74) is 0.475. The Morgan fingerprint density at radius 2 is 1.79 bits per heavy atom. The van der Waals surface area contributed by atoms with Crippen LogP contribution < -0.4 is 15.0 Å². The number of aromatic nitrogens is 2. The van der Waals surface area contributed by atoms with Crippen molar-refractivity contribution in [2.24, 2.45) is 0 Å². The second kappa shape index (κ2) is 8.66. The molecule has 3 aromatic rings. The minimum atomic E-state index is -0.333. The number of anilines is 2. The van der Waals surface area contributed by atoms with Crippen LogP contribution >= 0.6 is 0 Å². The number of carbonyl (C=O) groups is 1. The number of benzene rings is 1. The first-order valence-electron chi connectivity index (χ1n) is 9.17. The van der Waals surface area contributed by atoms with E-state index in [2.05, 4.69) is 15.3 Å². The fraction of sp³-hybridized carbons (Fsp3) is 0.190. The summed E-state index contributed by atoms with van der Waals surface area (Å²) in [6.07, 6.45) is 3.16. The van der Waals surface area contributed by atoms with Crippen LogP contribution in [0.25, 0.3) is 0 Å². The van der Waals surface area contributed by atoms with Crippen LogP contribution in [-0.2, 0) is 4.74 Å². The van der Waals surface area contributed by atoms with E-state index >= 15 is 0 Å². The highest BCUT2D eigenvalue weighted by atomic mass is 19.1. The van der Waals surface area contributed by atoms with E-state index in [9.17, 15) is 9.18 Å². The SMILES string of the molecule is O=C(Nc1ccc(Oc2ccc(F)cc2)cn1)c1cccnc1N1CCOCC1. The summed E-state index contributed by atoms with van der Waals surface area (Å²) in [5, 5.41) is 2.78. The topological polar surface area (TPSA) is 76.6 Å². The van der Waals surface area contributed by atoms with E-state index in [4.69, 9.17) is 9.47 Å². The van der Waals surface area contributed by atoms with E-state index < -0.39 is 0 Å². The molecule has 1 N–H and O–H groups in total. The van der Waals surface area contributed by atoms with E-state index in [-0.39, 0.29) is 11.7 Å². The molecular weight excluding hydrogens is 375 g/mol. The fourth-order valence-electron chi connectivity index (χ4n) is 2.94. The molecule has 0 atom stereocenters. The first kappa shape index (κ1) is 18.8. The average Bonchev–Trinajstić information content (AvgIpc) is 2.77. The molecule has 2 aromatic heterocycles. The Bertz CT molecular complexity index is 974. The van der Waals surface area contributed by atoms with Gasteiger partial charge in [0.15, 0.2) is 0 Å². The predicted octanol–water partition coefficient (Wildman–Crippen LogP) is 3.50. The Balaban J connectivity index is 1.44. The van der Waals surface area contributed by atoms with Crippen LogP contribution in [0.1, 0.15) is 10.4 Å². The van der Waals surface area contributed by atoms with Crippen LogP contribution in [0.15, 0.2) is 60.9 Å². The summed E-state index contributed by atoms with van der Waals surface area (Å²) >= 11 is 0. The Morgan fingerprint density at radius 3 is 2.52 bits per heavy atom. The fourth-order valence-corrected chi connectivity index (χ4v) is 2.94. The Labute approximate surface area is 167 Å². The number of ether oxygens (including phenoxy) is 2. The zero-order chi connectivity index (χ0) is 20.1. The Morgan fingerprint density at radius 1 is 1.03 bits per heavy atom. The van der Waals surface area contributed by atoms with Crippen molar-refractivity contribution in [1.29, 1.82) is 0 Å². The third-order valence-corrected chi connectivity index (χ3v) is 4.37. The molecule has 0 aliphatic carbocycles. The zero-order valence-corrected chi connectivity index (χ0v) is 15.5. The van der Waals surface area contributed by atoms with E-state index in [0.29, 0.717) is 55.0 Å². The lowest BCUT2D eigenvalue weighted by atomic mass is 10.2. The summed E-state index contributed by atoms with van der Waals surface area (Å²) in [4.78, 5) is 23.4. The van der Waals surface area contributed by atoms with Gasteiger partial charge in [0.1, 0.15) is 29.0 Å². The molecule has 1 aromatic carbocycles. The molecule has 3 heterocycles. The maximum absolute atomic E-state index is 13.0. The number of halogens is 1. The van der Waals surface area contributed by atoms with Crippen LogP contribution in [0.4, 0.5) is 16.0 Å². The van der Waals surface area contributed by atoms with Gasteiger partial charge in [0.25, 0.3) is 5.91 Å². The van der Waals surface area contributed by atoms with Crippen LogP contribution in [-0.4, -0.2) is 42.2 Å². The van der Waals surface area contributed by atoms with Crippen molar-refractivity contribution in [3.8, 4) is 11.5 Å². The molecule has 0 radical (unpaired) electrons. The number of hydrogen-bond acceptors (Lipinski definition) is 6. The molecule has 4 rings (SSSR count). The van der Waals surface area contributed by atoms with Gasteiger partial charge < -0.3 is 19.7 Å². The van der Waals surface area contributed by atoms with Gasteiger partial charge in [0, 0.05) is 19.3 Å². The van der Waals surface area contributed by atoms with Gasteiger partial charge in [-0.25, -0.2) is 14.4 Å². The maximum Gasteiger partial charge on any atom is 0.260 e. The molecule has 148 valence electrons. The van der Waals surface area contributed by atoms with Gasteiger partial charge in [0.05, 0.1) is 25.0 Å². The van der Waals surface area contributed by atoms with Crippen molar-refractivity contribution in [2.45, 2.75) is 0 Å². The number of amides is 1. The summed E-state index contributed by atoms with van der Waals surface area (Å²) in [6.45, 7) is 2.58. The minimum Gasteiger partial charge on any atom is -0.456 e. The largest absolute Gasteiger partial charge is 0.456 e. The number of morpholine rings is 1. The zero-order valence-electron chi connectivity index (χ0n) is 15.5. The van der Waals surface area contributed by atoms with Crippen LogP contribution in [0.5, 0.6) is 11.5 Å². The minimum absolute atomic E-state index is 0.292. The Hall–Kier alpha value is -3.52. The second-order valence-electron chi connectivity index (χ2n) is 6.36. The number of nitrogens with one attached hydrogen (secondary N) is 1. The highest BCUT2D eigenvalue weighted by Gasteiger charge is 2.20. The second-order valence-corrected chi connectivity index (χ2v) is 6.36.